The van der Waals surface area contributed by atoms with E-state index in [9.17, 15) is 14.4 Å². The molecule has 1 aliphatic rings. The minimum absolute atomic E-state index is 0.122. The topological polar surface area (TPSA) is 75.7 Å². The molecule has 1 fully saturated rings. The molecule has 0 unspecified atom stereocenters. The van der Waals surface area contributed by atoms with E-state index < -0.39 is 17.8 Å². The lowest BCUT2D eigenvalue weighted by Gasteiger charge is -2.28. The number of carbonyl (C=O) groups is 3. The Morgan fingerprint density at radius 2 is 1.78 bits per heavy atom. The fraction of sp³-hybridized carbons (Fsp3) is 0.192. The van der Waals surface area contributed by atoms with E-state index in [-0.39, 0.29) is 5.57 Å². The van der Waals surface area contributed by atoms with E-state index >= 15 is 0 Å². The lowest BCUT2D eigenvalue weighted by molar-refractivity contribution is -0.122. The summed E-state index contributed by atoms with van der Waals surface area (Å²) < 4.78 is 5.91. The number of imide groups is 2. The van der Waals surface area contributed by atoms with Gasteiger partial charge in [-0.3, -0.25) is 14.9 Å². The summed E-state index contributed by atoms with van der Waals surface area (Å²) in [6, 6.07) is 16.2. The van der Waals surface area contributed by atoms with Crippen LogP contribution in [0.4, 0.5) is 10.5 Å². The van der Waals surface area contributed by atoms with E-state index in [0.717, 1.165) is 33.2 Å². The van der Waals surface area contributed by atoms with Crippen LogP contribution in [0.2, 0.25) is 0 Å². The predicted molar refractivity (Wildman–Crippen MR) is 125 cm³/mol. The van der Waals surface area contributed by atoms with Gasteiger partial charge in [-0.2, -0.15) is 0 Å². The average molecular weight is 428 g/mol. The Kier molecular flexibility index (Phi) is 5.77. The number of anilines is 1. The molecule has 0 radical (unpaired) electrons. The number of hydrogen-bond acceptors (Lipinski definition) is 4. The van der Waals surface area contributed by atoms with Crippen molar-refractivity contribution in [1.29, 1.82) is 0 Å². The van der Waals surface area contributed by atoms with Crippen molar-refractivity contribution in [1.82, 2.24) is 5.32 Å². The second-order valence-corrected chi connectivity index (χ2v) is 7.79. The molecule has 0 spiro atoms. The molecule has 1 aliphatic heterocycles. The molecule has 162 valence electrons. The number of nitrogens with one attached hydrogen (secondary N) is 1. The van der Waals surface area contributed by atoms with Gasteiger partial charge in [-0.1, -0.05) is 49.4 Å². The van der Waals surface area contributed by atoms with Gasteiger partial charge in [-0.05, 0) is 60.4 Å². The van der Waals surface area contributed by atoms with Crippen LogP contribution in [0.5, 0.6) is 5.75 Å². The van der Waals surface area contributed by atoms with Crippen molar-refractivity contribution in [3.63, 3.8) is 0 Å². The monoisotopic (exact) mass is 428 g/mol. The summed E-state index contributed by atoms with van der Waals surface area (Å²) >= 11 is 0. The number of benzene rings is 3. The number of barbiturate groups is 1. The Bertz CT molecular complexity index is 1280. The van der Waals surface area contributed by atoms with Gasteiger partial charge in [0.25, 0.3) is 11.8 Å². The summed E-state index contributed by atoms with van der Waals surface area (Å²) in [5.74, 6) is -0.813. The largest absolute Gasteiger partial charge is 0.493 e. The summed E-state index contributed by atoms with van der Waals surface area (Å²) in [5, 5.41) is 4.11. The SMILES string of the molecule is CCCOc1ccc2ccccc2c1/C=C1\C(=O)NC(=O)N(c2cc(C)ccc2C)C1=O. The fourth-order valence-corrected chi connectivity index (χ4v) is 3.74. The van der Waals surface area contributed by atoms with E-state index in [1.54, 1.807) is 6.07 Å². The Morgan fingerprint density at radius 3 is 2.56 bits per heavy atom. The Morgan fingerprint density at radius 1 is 1.00 bits per heavy atom. The zero-order valence-electron chi connectivity index (χ0n) is 18.3. The fourth-order valence-electron chi connectivity index (χ4n) is 3.74. The molecule has 0 aliphatic carbocycles. The van der Waals surface area contributed by atoms with E-state index in [1.165, 1.54) is 6.08 Å². The molecule has 1 heterocycles. The molecule has 0 aromatic heterocycles. The predicted octanol–water partition coefficient (Wildman–Crippen LogP) is 4.91. The maximum absolute atomic E-state index is 13.4. The second kappa shape index (κ2) is 8.67. The number of amides is 4. The molecule has 1 N–H and O–H groups in total. The molecule has 32 heavy (non-hydrogen) atoms. The highest BCUT2D eigenvalue weighted by Crippen LogP contribution is 2.32. The molecule has 3 aromatic rings. The van der Waals surface area contributed by atoms with Gasteiger partial charge < -0.3 is 4.74 Å². The van der Waals surface area contributed by atoms with Crippen LogP contribution in [0.1, 0.15) is 30.0 Å². The number of ether oxygens (including phenoxy) is 1. The van der Waals surface area contributed by atoms with Gasteiger partial charge in [0.1, 0.15) is 11.3 Å². The average Bonchev–Trinajstić information content (AvgIpc) is 2.77. The summed E-state index contributed by atoms with van der Waals surface area (Å²) in [6.07, 6.45) is 2.34. The van der Waals surface area contributed by atoms with Crippen molar-refractivity contribution in [2.75, 3.05) is 11.5 Å². The van der Waals surface area contributed by atoms with E-state index in [1.807, 2.05) is 69.3 Å². The van der Waals surface area contributed by atoms with E-state index in [0.29, 0.717) is 23.6 Å². The van der Waals surface area contributed by atoms with Crippen molar-refractivity contribution in [2.45, 2.75) is 27.2 Å². The van der Waals surface area contributed by atoms with Gasteiger partial charge in [-0.25, -0.2) is 9.69 Å². The second-order valence-electron chi connectivity index (χ2n) is 7.79. The van der Waals surface area contributed by atoms with Crippen molar-refractivity contribution >= 4 is 40.4 Å². The maximum Gasteiger partial charge on any atom is 0.335 e. The number of fused-ring (bicyclic) bond motifs is 1. The Labute approximate surface area is 186 Å². The van der Waals surface area contributed by atoms with Crippen LogP contribution >= 0.6 is 0 Å². The normalized spacial score (nSPS) is 15.4. The minimum atomic E-state index is -0.758. The summed E-state index contributed by atoms with van der Waals surface area (Å²) in [6.45, 7) is 6.20. The van der Waals surface area contributed by atoms with Crippen LogP contribution in [-0.4, -0.2) is 24.5 Å². The summed E-state index contributed by atoms with van der Waals surface area (Å²) in [7, 11) is 0. The lowest BCUT2D eigenvalue weighted by atomic mass is 9.99. The molecular formula is C26H24N2O4. The number of urea groups is 1. The van der Waals surface area contributed by atoms with Crippen LogP contribution in [-0.2, 0) is 9.59 Å². The summed E-state index contributed by atoms with van der Waals surface area (Å²) in [5.41, 5.74) is 2.61. The Balaban J connectivity index is 1.87. The van der Waals surface area contributed by atoms with Gasteiger partial charge in [0.05, 0.1) is 12.3 Å². The first-order valence-electron chi connectivity index (χ1n) is 10.5. The van der Waals surface area contributed by atoms with Crippen LogP contribution in [0.3, 0.4) is 0 Å². The zero-order valence-corrected chi connectivity index (χ0v) is 18.3. The smallest absolute Gasteiger partial charge is 0.335 e. The third kappa shape index (κ3) is 3.87. The Hall–Kier alpha value is -3.93. The number of carbonyl (C=O) groups excluding carboxylic acids is 3. The molecule has 3 aromatic carbocycles. The van der Waals surface area contributed by atoms with Crippen LogP contribution in [0, 0.1) is 13.8 Å². The number of nitrogens with zero attached hydrogens (tertiary/aromatic N) is 1. The minimum Gasteiger partial charge on any atom is -0.493 e. The summed E-state index contributed by atoms with van der Waals surface area (Å²) in [4.78, 5) is 39.8. The van der Waals surface area contributed by atoms with Gasteiger partial charge in [-0.15, -0.1) is 0 Å². The molecule has 1 saturated heterocycles. The number of aryl methyl sites for hydroxylation is 2. The van der Waals surface area contributed by atoms with Crippen LogP contribution in [0.25, 0.3) is 16.8 Å². The maximum atomic E-state index is 13.4. The van der Waals surface area contributed by atoms with Gasteiger partial charge >= 0.3 is 6.03 Å². The van der Waals surface area contributed by atoms with Gasteiger partial charge in [0.2, 0.25) is 0 Å². The standard InChI is InChI=1S/C26H24N2O4/c1-4-13-32-23-12-11-18-7-5-6-8-19(18)20(23)15-21-24(29)27-26(31)28(25(21)30)22-14-16(2)9-10-17(22)3/h5-12,14-15H,4,13H2,1-3H3,(H,27,29,31)/b21-15+. The molecule has 4 amide bonds. The quantitative estimate of drug-likeness (QED) is 0.463. The molecular weight excluding hydrogens is 404 g/mol. The van der Waals surface area contributed by atoms with Crippen molar-refractivity contribution in [3.8, 4) is 5.75 Å². The highest BCUT2D eigenvalue weighted by Gasteiger charge is 2.37. The van der Waals surface area contributed by atoms with E-state index in [4.69, 9.17) is 4.74 Å². The molecule has 0 atom stereocenters. The lowest BCUT2D eigenvalue weighted by Crippen LogP contribution is -2.54. The molecule has 0 saturated carbocycles. The number of hydrogen-bond donors (Lipinski definition) is 1. The first-order chi connectivity index (χ1) is 15.4. The molecule has 6 nitrogen and oxygen atoms in total. The van der Waals surface area contributed by atoms with Crippen LogP contribution in [0.15, 0.2) is 60.2 Å². The first kappa shape index (κ1) is 21.3. The highest BCUT2D eigenvalue weighted by atomic mass is 16.5. The van der Waals surface area contributed by atoms with Gasteiger partial charge in [0, 0.05) is 5.56 Å². The van der Waals surface area contributed by atoms with Crippen molar-refractivity contribution < 1.29 is 19.1 Å². The molecule has 6 heteroatoms. The third-order valence-corrected chi connectivity index (χ3v) is 5.39. The zero-order chi connectivity index (χ0) is 22.8. The molecule has 4 rings (SSSR count). The number of rotatable bonds is 5. The first-order valence-corrected chi connectivity index (χ1v) is 10.5. The molecule has 0 bridgehead atoms. The van der Waals surface area contributed by atoms with Crippen molar-refractivity contribution in [2.24, 2.45) is 0 Å². The van der Waals surface area contributed by atoms with Gasteiger partial charge in [0.15, 0.2) is 0 Å². The van der Waals surface area contributed by atoms with E-state index in [2.05, 4.69) is 5.32 Å². The third-order valence-electron chi connectivity index (χ3n) is 5.39. The highest BCUT2D eigenvalue weighted by molar-refractivity contribution is 6.39. The van der Waals surface area contributed by atoms with Crippen LogP contribution < -0.4 is 15.0 Å². The van der Waals surface area contributed by atoms with Crippen molar-refractivity contribution in [3.05, 3.63) is 76.9 Å².